The van der Waals surface area contributed by atoms with Crippen molar-refractivity contribution < 1.29 is 19.4 Å². The predicted octanol–water partition coefficient (Wildman–Crippen LogP) is -0.691. The molecule has 0 aromatic carbocycles. The van der Waals surface area contributed by atoms with Gasteiger partial charge in [0.15, 0.2) is 6.10 Å². The van der Waals surface area contributed by atoms with Gasteiger partial charge in [-0.05, 0) is 0 Å². The molecular weight excluding hydrogens is 228 g/mol. The van der Waals surface area contributed by atoms with Gasteiger partial charge in [0.05, 0.1) is 13.1 Å². The minimum Gasteiger partial charge on any atom is -0.479 e. The highest BCUT2D eigenvalue weighted by molar-refractivity contribution is 5.76. The maximum Gasteiger partial charge on any atom is 0.334 e. The van der Waals surface area contributed by atoms with Gasteiger partial charge in [0.25, 0.3) is 0 Å². The molecule has 1 unspecified atom stereocenters. The fourth-order valence-corrected chi connectivity index (χ4v) is 1.08. The van der Waals surface area contributed by atoms with Crippen LogP contribution in [0.4, 0.5) is 4.79 Å². The SMILES string of the molecule is COC(CNC(=O)NCc1ncc[nH]1)C(=O)O. The summed E-state index contributed by atoms with van der Waals surface area (Å²) >= 11 is 0. The first-order valence-corrected chi connectivity index (χ1v) is 4.89. The lowest BCUT2D eigenvalue weighted by Crippen LogP contribution is -2.42. The van der Waals surface area contributed by atoms with Crippen LogP contribution >= 0.6 is 0 Å². The van der Waals surface area contributed by atoms with Crippen LogP contribution in [0.1, 0.15) is 5.82 Å². The van der Waals surface area contributed by atoms with E-state index in [1.807, 2.05) is 0 Å². The summed E-state index contributed by atoms with van der Waals surface area (Å²) in [6, 6.07) is -0.482. The molecule has 0 radical (unpaired) electrons. The molecule has 1 rings (SSSR count). The molecule has 1 heterocycles. The summed E-state index contributed by atoms with van der Waals surface area (Å²) in [5.74, 6) is -0.513. The smallest absolute Gasteiger partial charge is 0.334 e. The number of urea groups is 1. The van der Waals surface area contributed by atoms with E-state index in [9.17, 15) is 9.59 Å². The first-order valence-electron chi connectivity index (χ1n) is 4.89. The molecule has 17 heavy (non-hydrogen) atoms. The number of imidazole rings is 1. The second kappa shape index (κ2) is 6.48. The summed E-state index contributed by atoms with van der Waals surface area (Å²) in [6.45, 7) is 0.138. The lowest BCUT2D eigenvalue weighted by molar-refractivity contribution is -0.147. The number of carboxylic acids is 1. The van der Waals surface area contributed by atoms with Crippen LogP contribution in [-0.2, 0) is 16.1 Å². The van der Waals surface area contributed by atoms with Crippen molar-refractivity contribution in [1.82, 2.24) is 20.6 Å². The number of carbonyl (C=O) groups excluding carboxylic acids is 1. The minimum atomic E-state index is -1.13. The van der Waals surface area contributed by atoms with Gasteiger partial charge in [0, 0.05) is 19.5 Å². The fourth-order valence-electron chi connectivity index (χ4n) is 1.08. The second-order valence-corrected chi connectivity index (χ2v) is 3.16. The van der Waals surface area contributed by atoms with E-state index < -0.39 is 18.1 Å². The molecule has 0 spiro atoms. The zero-order valence-corrected chi connectivity index (χ0v) is 9.27. The van der Waals surface area contributed by atoms with Crippen LogP contribution < -0.4 is 10.6 Å². The number of H-pyrrole nitrogens is 1. The van der Waals surface area contributed by atoms with Crippen molar-refractivity contribution in [3.8, 4) is 0 Å². The Labute approximate surface area is 97.4 Å². The molecule has 94 valence electrons. The Kier molecular flexibility index (Phi) is 4.95. The van der Waals surface area contributed by atoms with Gasteiger partial charge in [-0.25, -0.2) is 14.6 Å². The standard InChI is InChI=1S/C9H14N4O4/c1-17-6(8(14)15)4-12-9(16)13-5-7-10-2-3-11-7/h2-3,6H,4-5H2,1H3,(H,10,11)(H,14,15)(H2,12,13,16). The van der Waals surface area contributed by atoms with E-state index in [1.54, 1.807) is 12.4 Å². The second-order valence-electron chi connectivity index (χ2n) is 3.16. The molecule has 0 saturated carbocycles. The maximum atomic E-state index is 11.3. The molecule has 1 aromatic heterocycles. The maximum absolute atomic E-state index is 11.3. The lowest BCUT2D eigenvalue weighted by atomic mass is 10.3. The van der Waals surface area contributed by atoms with E-state index >= 15 is 0 Å². The van der Waals surface area contributed by atoms with E-state index in [1.165, 1.54) is 7.11 Å². The number of nitrogens with one attached hydrogen (secondary N) is 3. The quantitative estimate of drug-likeness (QED) is 0.526. The van der Waals surface area contributed by atoms with Gasteiger partial charge in [-0.15, -0.1) is 0 Å². The van der Waals surface area contributed by atoms with Crippen LogP contribution in [0, 0.1) is 0 Å². The molecule has 8 heteroatoms. The van der Waals surface area contributed by atoms with Gasteiger partial charge in [-0.2, -0.15) is 0 Å². The molecule has 2 amide bonds. The van der Waals surface area contributed by atoms with Crippen LogP contribution in [0.5, 0.6) is 0 Å². The van der Waals surface area contributed by atoms with Gasteiger partial charge in [0.2, 0.25) is 0 Å². The molecule has 0 saturated heterocycles. The molecule has 8 nitrogen and oxygen atoms in total. The summed E-state index contributed by atoms with van der Waals surface area (Å²) in [6.07, 6.45) is 2.16. The molecule has 1 aromatic rings. The van der Waals surface area contributed by atoms with Gasteiger partial charge in [0.1, 0.15) is 5.82 Å². The highest BCUT2D eigenvalue weighted by Gasteiger charge is 2.16. The average molecular weight is 242 g/mol. The summed E-state index contributed by atoms with van der Waals surface area (Å²) in [5.41, 5.74) is 0. The number of hydrogen-bond acceptors (Lipinski definition) is 4. The van der Waals surface area contributed by atoms with Crippen molar-refractivity contribution in [2.24, 2.45) is 0 Å². The number of amides is 2. The van der Waals surface area contributed by atoms with Crippen molar-refractivity contribution in [2.45, 2.75) is 12.6 Å². The van der Waals surface area contributed by atoms with E-state index in [2.05, 4.69) is 25.3 Å². The number of aromatic nitrogens is 2. The number of hydrogen-bond donors (Lipinski definition) is 4. The first-order chi connectivity index (χ1) is 8.13. The van der Waals surface area contributed by atoms with Crippen molar-refractivity contribution in [3.05, 3.63) is 18.2 Å². The third kappa shape index (κ3) is 4.51. The van der Waals surface area contributed by atoms with Crippen LogP contribution in [0.25, 0.3) is 0 Å². The highest BCUT2D eigenvalue weighted by atomic mass is 16.5. The average Bonchev–Trinajstić information content (AvgIpc) is 2.79. The molecule has 0 aliphatic heterocycles. The van der Waals surface area contributed by atoms with E-state index in [0.717, 1.165) is 0 Å². The molecule has 0 aliphatic carbocycles. The molecule has 0 bridgehead atoms. The van der Waals surface area contributed by atoms with Crippen molar-refractivity contribution in [1.29, 1.82) is 0 Å². The van der Waals surface area contributed by atoms with Gasteiger partial charge in [-0.3, -0.25) is 0 Å². The van der Waals surface area contributed by atoms with E-state index in [0.29, 0.717) is 5.82 Å². The Morgan fingerprint density at radius 1 is 1.59 bits per heavy atom. The number of rotatable bonds is 6. The lowest BCUT2D eigenvalue weighted by Gasteiger charge is -2.11. The number of ether oxygens (including phenoxy) is 1. The van der Waals surface area contributed by atoms with Crippen LogP contribution in [0.3, 0.4) is 0 Å². The van der Waals surface area contributed by atoms with Gasteiger partial charge in [-0.1, -0.05) is 0 Å². The Morgan fingerprint density at radius 3 is 2.88 bits per heavy atom. The van der Waals surface area contributed by atoms with E-state index in [-0.39, 0.29) is 13.1 Å². The molecule has 1 atom stereocenters. The monoisotopic (exact) mass is 242 g/mol. The number of aliphatic carboxylic acids is 1. The summed E-state index contributed by atoms with van der Waals surface area (Å²) in [4.78, 5) is 28.6. The number of methoxy groups -OCH3 is 1. The molecular formula is C9H14N4O4. The zero-order valence-electron chi connectivity index (χ0n) is 9.27. The number of aromatic amines is 1. The number of nitrogens with zero attached hydrogens (tertiary/aromatic N) is 1. The van der Waals surface area contributed by atoms with Crippen LogP contribution in [-0.4, -0.2) is 46.8 Å². The minimum absolute atomic E-state index is 0.101. The number of carbonyl (C=O) groups is 2. The molecule has 4 N–H and O–H groups in total. The summed E-state index contributed by atoms with van der Waals surface area (Å²) in [5, 5.41) is 13.5. The van der Waals surface area contributed by atoms with Crippen molar-refractivity contribution in [3.63, 3.8) is 0 Å². The van der Waals surface area contributed by atoms with Crippen LogP contribution in [0.15, 0.2) is 12.4 Å². The van der Waals surface area contributed by atoms with Gasteiger partial charge < -0.3 is 25.5 Å². The fraction of sp³-hybridized carbons (Fsp3) is 0.444. The third-order valence-electron chi connectivity index (χ3n) is 1.98. The third-order valence-corrected chi connectivity index (χ3v) is 1.98. The first kappa shape index (κ1) is 13.0. The summed E-state index contributed by atoms with van der Waals surface area (Å²) < 4.78 is 4.65. The summed E-state index contributed by atoms with van der Waals surface area (Å²) in [7, 11) is 1.27. The van der Waals surface area contributed by atoms with Gasteiger partial charge >= 0.3 is 12.0 Å². The van der Waals surface area contributed by atoms with Crippen molar-refractivity contribution >= 4 is 12.0 Å². The Hall–Kier alpha value is -2.09. The van der Waals surface area contributed by atoms with E-state index in [4.69, 9.17) is 5.11 Å². The Morgan fingerprint density at radius 2 is 2.35 bits per heavy atom. The largest absolute Gasteiger partial charge is 0.479 e. The Balaban J connectivity index is 2.23. The highest BCUT2D eigenvalue weighted by Crippen LogP contribution is 1.89. The van der Waals surface area contributed by atoms with Crippen molar-refractivity contribution in [2.75, 3.05) is 13.7 Å². The zero-order chi connectivity index (χ0) is 12.7. The predicted molar refractivity (Wildman–Crippen MR) is 57.3 cm³/mol. The topological polar surface area (TPSA) is 116 Å². The normalized spacial score (nSPS) is 11.8. The number of carboxylic acid groups (broad SMARTS) is 1. The van der Waals surface area contributed by atoms with Crippen LogP contribution in [0.2, 0.25) is 0 Å². The molecule has 0 aliphatic rings. The molecule has 0 fully saturated rings. The Bertz CT molecular complexity index is 365.